The van der Waals surface area contributed by atoms with Gasteiger partial charge in [0.25, 0.3) is 0 Å². The average molecular weight is 256 g/mol. The Morgan fingerprint density at radius 1 is 1.53 bits per heavy atom. The van der Waals surface area contributed by atoms with Gasteiger partial charge in [0.05, 0.1) is 5.92 Å². The first-order valence-electron chi connectivity index (χ1n) is 5.25. The van der Waals surface area contributed by atoms with Gasteiger partial charge in [-0.05, 0) is 6.92 Å². The lowest BCUT2D eigenvalue weighted by Gasteiger charge is -2.17. The summed E-state index contributed by atoms with van der Waals surface area (Å²) < 4.78 is 0. The molecule has 0 radical (unpaired) electrons. The molecule has 0 aliphatic rings. The summed E-state index contributed by atoms with van der Waals surface area (Å²) in [5.74, 6) is -1.37. The second-order valence-corrected chi connectivity index (χ2v) is 5.26. The normalized spacial score (nSPS) is 12.2. The standard InChI is InChI=1S/C11H16N2O3S/c1-6(10(15)16)5-13(4)11-12-9(7(2)14)8(3)17-11/h6H,5H2,1-4H3,(H,15,16). The number of aromatic nitrogens is 1. The van der Waals surface area contributed by atoms with Crippen LogP contribution in [-0.2, 0) is 4.79 Å². The summed E-state index contributed by atoms with van der Waals surface area (Å²) in [6, 6.07) is 0. The summed E-state index contributed by atoms with van der Waals surface area (Å²) in [7, 11) is 1.78. The van der Waals surface area contributed by atoms with E-state index in [1.165, 1.54) is 18.3 Å². The predicted molar refractivity (Wildman–Crippen MR) is 66.9 cm³/mol. The van der Waals surface area contributed by atoms with E-state index >= 15 is 0 Å². The molecule has 6 heteroatoms. The summed E-state index contributed by atoms with van der Waals surface area (Å²) >= 11 is 1.41. The van der Waals surface area contributed by atoms with Crippen molar-refractivity contribution >= 4 is 28.2 Å². The highest BCUT2D eigenvalue weighted by Crippen LogP contribution is 2.25. The number of anilines is 1. The minimum absolute atomic E-state index is 0.0651. The van der Waals surface area contributed by atoms with E-state index in [1.807, 2.05) is 6.92 Å². The van der Waals surface area contributed by atoms with Crippen LogP contribution in [0.2, 0.25) is 0 Å². The van der Waals surface area contributed by atoms with Gasteiger partial charge in [-0.15, -0.1) is 11.3 Å². The Labute approximate surface area is 104 Å². The fourth-order valence-corrected chi connectivity index (χ4v) is 2.37. The Morgan fingerprint density at radius 3 is 2.53 bits per heavy atom. The molecule has 0 fully saturated rings. The van der Waals surface area contributed by atoms with Gasteiger partial charge in [0.2, 0.25) is 0 Å². The maximum absolute atomic E-state index is 11.3. The molecule has 0 spiro atoms. The van der Waals surface area contributed by atoms with Crippen LogP contribution < -0.4 is 4.90 Å². The smallest absolute Gasteiger partial charge is 0.308 e. The van der Waals surface area contributed by atoms with Crippen molar-refractivity contribution < 1.29 is 14.7 Å². The molecule has 1 atom stereocenters. The van der Waals surface area contributed by atoms with Crippen molar-refractivity contribution in [2.45, 2.75) is 20.8 Å². The SMILES string of the molecule is CC(=O)c1nc(N(C)CC(C)C(=O)O)sc1C. The van der Waals surface area contributed by atoms with Crippen molar-refractivity contribution in [3.05, 3.63) is 10.6 Å². The zero-order valence-corrected chi connectivity index (χ0v) is 11.2. The zero-order valence-electron chi connectivity index (χ0n) is 10.4. The number of carboxylic acid groups (broad SMARTS) is 1. The lowest BCUT2D eigenvalue weighted by Crippen LogP contribution is -2.28. The number of hydrogen-bond acceptors (Lipinski definition) is 5. The van der Waals surface area contributed by atoms with E-state index in [0.29, 0.717) is 17.4 Å². The highest BCUT2D eigenvalue weighted by Gasteiger charge is 2.18. The maximum Gasteiger partial charge on any atom is 0.308 e. The Hall–Kier alpha value is -1.43. The number of aliphatic carboxylic acids is 1. The summed E-state index contributed by atoms with van der Waals surface area (Å²) in [5, 5.41) is 9.51. The first-order chi connectivity index (χ1) is 7.82. The first-order valence-corrected chi connectivity index (χ1v) is 6.07. The Morgan fingerprint density at radius 2 is 2.12 bits per heavy atom. The summed E-state index contributed by atoms with van der Waals surface area (Å²) in [5.41, 5.74) is 0.472. The molecule has 0 saturated carbocycles. The van der Waals surface area contributed by atoms with E-state index in [9.17, 15) is 9.59 Å². The van der Waals surface area contributed by atoms with Gasteiger partial charge >= 0.3 is 5.97 Å². The van der Waals surface area contributed by atoms with Crippen LogP contribution in [0.5, 0.6) is 0 Å². The van der Waals surface area contributed by atoms with Crippen LogP contribution in [0.3, 0.4) is 0 Å². The van der Waals surface area contributed by atoms with Crippen LogP contribution in [0.1, 0.15) is 29.2 Å². The van der Waals surface area contributed by atoms with Crippen LogP contribution in [-0.4, -0.2) is 35.4 Å². The largest absolute Gasteiger partial charge is 0.481 e. The minimum Gasteiger partial charge on any atom is -0.481 e. The van der Waals surface area contributed by atoms with Gasteiger partial charge in [-0.3, -0.25) is 9.59 Å². The third-order valence-electron chi connectivity index (χ3n) is 2.41. The van der Waals surface area contributed by atoms with Crippen molar-refractivity contribution in [3.8, 4) is 0 Å². The lowest BCUT2D eigenvalue weighted by molar-refractivity contribution is -0.140. The maximum atomic E-state index is 11.3. The van der Waals surface area contributed by atoms with Crippen molar-refractivity contribution in [2.24, 2.45) is 5.92 Å². The Kier molecular flexibility index (Phi) is 4.22. The van der Waals surface area contributed by atoms with E-state index in [2.05, 4.69) is 4.98 Å². The first kappa shape index (κ1) is 13.6. The number of nitrogens with zero attached hydrogens (tertiary/aromatic N) is 2. The van der Waals surface area contributed by atoms with E-state index in [4.69, 9.17) is 5.11 Å². The molecule has 0 aliphatic carbocycles. The third kappa shape index (κ3) is 3.26. The third-order valence-corrected chi connectivity index (χ3v) is 3.50. The number of carboxylic acids is 1. The second kappa shape index (κ2) is 5.27. The van der Waals surface area contributed by atoms with Gasteiger partial charge in [0, 0.05) is 25.4 Å². The van der Waals surface area contributed by atoms with Crippen LogP contribution >= 0.6 is 11.3 Å². The molecule has 1 unspecified atom stereocenters. The molecule has 0 aliphatic heterocycles. The van der Waals surface area contributed by atoms with Gasteiger partial charge in [0.1, 0.15) is 5.69 Å². The van der Waals surface area contributed by atoms with Crippen LogP contribution in [0.4, 0.5) is 5.13 Å². The molecule has 1 aromatic heterocycles. The van der Waals surface area contributed by atoms with E-state index in [-0.39, 0.29) is 5.78 Å². The van der Waals surface area contributed by atoms with Crippen LogP contribution in [0.15, 0.2) is 0 Å². The van der Waals surface area contributed by atoms with Gasteiger partial charge in [0.15, 0.2) is 10.9 Å². The Balaban J connectivity index is 2.83. The number of ketones is 1. The summed E-state index contributed by atoms with van der Waals surface area (Å²) in [6.45, 7) is 5.34. The van der Waals surface area contributed by atoms with Gasteiger partial charge in [-0.2, -0.15) is 0 Å². The molecule has 17 heavy (non-hydrogen) atoms. The number of thiazole rings is 1. The van der Waals surface area contributed by atoms with Crippen LogP contribution in [0, 0.1) is 12.8 Å². The van der Waals surface area contributed by atoms with Crippen molar-refractivity contribution in [3.63, 3.8) is 0 Å². The molecule has 5 nitrogen and oxygen atoms in total. The molecule has 0 amide bonds. The zero-order chi connectivity index (χ0) is 13.2. The molecule has 1 aromatic rings. The number of aryl methyl sites for hydroxylation is 1. The number of hydrogen-bond donors (Lipinski definition) is 1. The highest BCUT2D eigenvalue weighted by atomic mass is 32.1. The molecular formula is C11H16N2O3S. The molecule has 0 saturated heterocycles. The van der Waals surface area contributed by atoms with Gasteiger partial charge < -0.3 is 10.0 Å². The number of Topliss-reactive ketones (excluding diaryl/α,β-unsaturated/α-hetero) is 1. The van der Waals surface area contributed by atoms with Crippen molar-refractivity contribution in [1.82, 2.24) is 4.98 Å². The summed E-state index contributed by atoms with van der Waals surface area (Å²) in [4.78, 5) is 28.9. The van der Waals surface area contributed by atoms with E-state index in [0.717, 1.165) is 4.88 Å². The monoisotopic (exact) mass is 256 g/mol. The van der Waals surface area contributed by atoms with Gasteiger partial charge in [-0.1, -0.05) is 6.92 Å². The number of rotatable bonds is 5. The van der Waals surface area contributed by atoms with Gasteiger partial charge in [-0.25, -0.2) is 4.98 Å². The highest BCUT2D eigenvalue weighted by molar-refractivity contribution is 7.15. The van der Waals surface area contributed by atoms with Crippen molar-refractivity contribution in [1.29, 1.82) is 0 Å². The molecule has 1 rings (SSSR count). The quantitative estimate of drug-likeness (QED) is 0.814. The molecule has 0 bridgehead atoms. The number of carbonyl (C=O) groups is 2. The minimum atomic E-state index is -0.836. The summed E-state index contributed by atoms with van der Waals surface area (Å²) in [6.07, 6.45) is 0. The van der Waals surface area contributed by atoms with Crippen LogP contribution in [0.25, 0.3) is 0 Å². The fourth-order valence-electron chi connectivity index (χ4n) is 1.44. The second-order valence-electron chi connectivity index (χ2n) is 4.08. The van der Waals surface area contributed by atoms with Crippen molar-refractivity contribution in [2.75, 3.05) is 18.5 Å². The van der Waals surface area contributed by atoms with E-state index in [1.54, 1.807) is 18.9 Å². The fraction of sp³-hybridized carbons (Fsp3) is 0.545. The van der Waals surface area contributed by atoms with E-state index < -0.39 is 11.9 Å². The topological polar surface area (TPSA) is 70.5 Å². The lowest BCUT2D eigenvalue weighted by atomic mass is 10.2. The molecule has 1 N–H and O–H groups in total. The molecule has 1 heterocycles. The Bertz CT molecular complexity index is 442. The number of carbonyl (C=O) groups excluding carboxylic acids is 1. The molecule has 94 valence electrons. The molecule has 0 aromatic carbocycles. The average Bonchev–Trinajstić information content (AvgIpc) is 2.60. The predicted octanol–water partition coefficient (Wildman–Crippen LogP) is 1.81. The molecular weight excluding hydrogens is 240 g/mol.